The van der Waals surface area contributed by atoms with Crippen molar-refractivity contribution in [2.75, 3.05) is 13.6 Å². The second kappa shape index (κ2) is 14.8. The van der Waals surface area contributed by atoms with Gasteiger partial charge in [-0.15, -0.1) is 0 Å². The van der Waals surface area contributed by atoms with Crippen LogP contribution in [0, 0.1) is 5.92 Å². The summed E-state index contributed by atoms with van der Waals surface area (Å²) in [4.78, 5) is 2.34. The molecule has 4 aromatic carbocycles. The molecule has 0 bridgehead atoms. The van der Waals surface area contributed by atoms with E-state index in [-0.39, 0.29) is 42.2 Å². The molecule has 45 heavy (non-hydrogen) atoms. The van der Waals surface area contributed by atoms with Gasteiger partial charge in [-0.05, 0) is 48.4 Å². The van der Waals surface area contributed by atoms with Gasteiger partial charge in [-0.1, -0.05) is 104 Å². The molecule has 0 amide bonds. The molecule has 0 saturated carbocycles. The Kier molecular flexibility index (Phi) is 10.8. The predicted octanol–water partition coefficient (Wildman–Crippen LogP) is 5.50. The summed E-state index contributed by atoms with van der Waals surface area (Å²) in [5.41, 5.74) is 4.30. The molecule has 1 aliphatic rings. The van der Waals surface area contributed by atoms with Crippen LogP contribution >= 0.6 is 0 Å². The van der Waals surface area contributed by atoms with Crippen molar-refractivity contribution >= 4 is 10.0 Å². The zero-order valence-corrected chi connectivity index (χ0v) is 26.7. The number of hydrogen-bond acceptors (Lipinski definition) is 7. The lowest BCUT2D eigenvalue weighted by molar-refractivity contribution is -0.276. The molecule has 0 aromatic heterocycles. The number of nitrogens with zero attached hydrogens (tertiary/aromatic N) is 1. The van der Waals surface area contributed by atoms with Gasteiger partial charge in [-0.2, -0.15) is 0 Å². The van der Waals surface area contributed by atoms with Crippen molar-refractivity contribution in [3.05, 3.63) is 137 Å². The lowest BCUT2D eigenvalue weighted by Gasteiger charge is -2.43. The lowest BCUT2D eigenvalue weighted by Crippen LogP contribution is -2.46. The van der Waals surface area contributed by atoms with Gasteiger partial charge < -0.3 is 19.7 Å². The SMILES string of the molecule is C[C@H]1[C@@H](CN(C)[C@H](C)[C@@H](O)c2ccccc2)O[C@@H](c2ccc(CNS(=O)(=O)c3ccccc3)cc2)O[C@H]1c1ccc(CO)cc1. The van der Waals surface area contributed by atoms with Gasteiger partial charge in [-0.3, -0.25) is 4.90 Å². The van der Waals surface area contributed by atoms with E-state index in [4.69, 9.17) is 9.47 Å². The molecule has 8 nitrogen and oxygen atoms in total. The minimum Gasteiger partial charge on any atom is -0.392 e. The fourth-order valence-electron chi connectivity index (χ4n) is 5.60. The molecule has 1 aliphatic heterocycles. The van der Waals surface area contributed by atoms with Crippen LogP contribution in [0.2, 0.25) is 0 Å². The molecule has 0 unspecified atom stereocenters. The summed E-state index contributed by atoms with van der Waals surface area (Å²) in [5.74, 6) is -0.0172. The first kappa shape index (κ1) is 33.0. The van der Waals surface area contributed by atoms with Gasteiger partial charge in [0, 0.05) is 30.6 Å². The molecule has 0 radical (unpaired) electrons. The van der Waals surface area contributed by atoms with Crippen molar-refractivity contribution in [2.24, 2.45) is 5.92 Å². The van der Waals surface area contributed by atoms with E-state index < -0.39 is 22.4 Å². The first-order valence-electron chi connectivity index (χ1n) is 15.2. The molecule has 1 heterocycles. The van der Waals surface area contributed by atoms with Crippen molar-refractivity contribution in [1.29, 1.82) is 0 Å². The maximum atomic E-state index is 12.7. The standard InChI is InChI=1S/C36H42N2O6S/c1-25-33(23-38(3)26(2)34(40)29-10-6-4-7-11-29)43-36(44-35(25)30-18-16-28(24-39)17-19-30)31-20-14-27(15-21-31)22-37-45(41,42)32-12-8-5-9-13-32/h4-21,25-26,33-37,39-40H,22-24H2,1-3H3/t25-,26+,33+,34+,35+,36+/m0/s1. The van der Waals surface area contributed by atoms with E-state index in [0.29, 0.717) is 6.54 Å². The second-order valence-corrected chi connectivity index (χ2v) is 13.5. The zero-order valence-electron chi connectivity index (χ0n) is 25.9. The molecule has 1 fully saturated rings. The molecule has 0 spiro atoms. The average molecular weight is 631 g/mol. The number of nitrogens with one attached hydrogen (secondary N) is 1. The summed E-state index contributed by atoms with van der Waals surface area (Å²) < 4.78 is 41.2. The Morgan fingerprint density at radius 3 is 2.02 bits per heavy atom. The Morgan fingerprint density at radius 2 is 1.40 bits per heavy atom. The first-order chi connectivity index (χ1) is 21.7. The van der Waals surface area contributed by atoms with Gasteiger partial charge in [0.1, 0.15) is 0 Å². The average Bonchev–Trinajstić information content (AvgIpc) is 3.08. The number of aliphatic hydroxyl groups is 2. The van der Waals surface area contributed by atoms with Crippen LogP contribution in [0.1, 0.15) is 60.2 Å². The largest absolute Gasteiger partial charge is 0.392 e. The fourth-order valence-corrected chi connectivity index (χ4v) is 6.64. The molecular formula is C36H42N2O6S. The Balaban J connectivity index is 1.33. The van der Waals surface area contributed by atoms with Crippen LogP contribution in [0.15, 0.2) is 114 Å². The topological polar surface area (TPSA) is 108 Å². The van der Waals surface area contributed by atoms with Crippen LogP contribution in [0.5, 0.6) is 0 Å². The normalized spacial score (nSPS) is 21.8. The van der Waals surface area contributed by atoms with Gasteiger partial charge in [0.25, 0.3) is 0 Å². The number of rotatable bonds is 12. The highest BCUT2D eigenvalue weighted by Gasteiger charge is 2.39. The van der Waals surface area contributed by atoms with Crippen molar-refractivity contribution in [3.8, 4) is 0 Å². The van der Waals surface area contributed by atoms with E-state index in [1.807, 2.05) is 92.8 Å². The molecule has 238 valence electrons. The third kappa shape index (κ3) is 8.06. The minimum absolute atomic E-state index is 0.0172. The Morgan fingerprint density at radius 1 is 0.822 bits per heavy atom. The van der Waals surface area contributed by atoms with Gasteiger partial charge in [0.15, 0.2) is 6.29 Å². The molecule has 4 aromatic rings. The molecule has 3 N–H and O–H groups in total. The summed E-state index contributed by atoms with van der Waals surface area (Å²) in [6, 6.07) is 33.1. The van der Waals surface area contributed by atoms with Gasteiger partial charge in [-0.25, -0.2) is 13.1 Å². The zero-order chi connectivity index (χ0) is 32.0. The summed E-state index contributed by atoms with van der Waals surface area (Å²) in [6.45, 7) is 4.80. The highest BCUT2D eigenvalue weighted by molar-refractivity contribution is 7.89. The lowest BCUT2D eigenvalue weighted by atomic mass is 9.89. The molecule has 6 atom stereocenters. The molecule has 9 heteroatoms. The Hall–Kier alpha value is -3.41. The molecule has 1 saturated heterocycles. The first-order valence-corrected chi connectivity index (χ1v) is 16.7. The van der Waals surface area contributed by atoms with E-state index >= 15 is 0 Å². The predicted molar refractivity (Wildman–Crippen MR) is 173 cm³/mol. The van der Waals surface area contributed by atoms with Crippen LogP contribution in [0.25, 0.3) is 0 Å². The van der Waals surface area contributed by atoms with Crippen molar-refractivity contribution in [2.45, 2.75) is 62.5 Å². The number of likely N-dealkylation sites (N-methyl/N-ethyl adjacent to an activating group) is 1. The second-order valence-electron chi connectivity index (χ2n) is 11.7. The monoisotopic (exact) mass is 630 g/mol. The summed E-state index contributed by atoms with van der Waals surface area (Å²) >= 11 is 0. The maximum Gasteiger partial charge on any atom is 0.240 e. The summed E-state index contributed by atoms with van der Waals surface area (Å²) in [6.07, 6.45) is -1.82. The van der Waals surface area contributed by atoms with E-state index in [9.17, 15) is 18.6 Å². The Labute approximate surface area is 266 Å². The van der Waals surface area contributed by atoms with Gasteiger partial charge in [0.2, 0.25) is 10.0 Å². The number of aliphatic hydroxyl groups excluding tert-OH is 2. The fraction of sp³-hybridized carbons (Fsp3) is 0.333. The van der Waals surface area contributed by atoms with Crippen molar-refractivity contribution < 1.29 is 28.1 Å². The number of benzene rings is 4. The van der Waals surface area contributed by atoms with Crippen LogP contribution in [0.3, 0.4) is 0 Å². The maximum absolute atomic E-state index is 12.7. The smallest absolute Gasteiger partial charge is 0.240 e. The summed E-state index contributed by atoms with van der Waals surface area (Å²) in [5, 5.41) is 20.6. The summed E-state index contributed by atoms with van der Waals surface area (Å²) in [7, 11) is -1.63. The highest BCUT2D eigenvalue weighted by Crippen LogP contribution is 2.42. The van der Waals surface area contributed by atoms with E-state index in [1.54, 1.807) is 30.3 Å². The Bertz CT molecular complexity index is 1600. The highest BCUT2D eigenvalue weighted by atomic mass is 32.2. The van der Waals surface area contributed by atoms with Gasteiger partial charge >= 0.3 is 0 Å². The quantitative estimate of drug-likeness (QED) is 0.190. The minimum atomic E-state index is -3.63. The van der Waals surface area contributed by atoms with Crippen molar-refractivity contribution in [1.82, 2.24) is 9.62 Å². The number of hydrogen-bond donors (Lipinski definition) is 3. The molecule has 0 aliphatic carbocycles. The van der Waals surface area contributed by atoms with Crippen molar-refractivity contribution in [3.63, 3.8) is 0 Å². The number of ether oxygens (including phenoxy) is 2. The van der Waals surface area contributed by atoms with E-state index in [1.165, 1.54) is 0 Å². The van der Waals surface area contributed by atoms with Crippen LogP contribution < -0.4 is 4.72 Å². The van der Waals surface area contributed by atoms with E-state index in [2.05, 4.69) is 16.5 Å². The third-order valence-corrected chi connectivity index (χ3v) is 10.1. The number of sulfonamides is 1. The van der Waals surface area contributed by atoms with Crippen LogP contribution in [-0.2, 0) is 32.6 Å². The molecular weight excluding hydrogens is 588 g/mol. The molecule has 5 rings (SSSR count). The van der Waals surface area contributed by atoms with Crippen LogP contribution in [-0.4, -0.2) is 49.3 Å². The van der Waals surface area contributed by atoms with Crippen LogP contribution in [0.4, 0.5) is 0 Å². The third-order valence-electron chi connectivity index (χ3n) is 8.66. The van der Waals surface area contributed by atoms with Gasteiger partial charge in [0.05, 0.1) is 29.8 Å². The van der Waals surface area contributed by atoms with E-state index in [0.717, 1.165) is 27.8 Å².